The smallest absolute Gasteiger partial charge is 0.282 e. The third kappa shape index (κ3) is 4.18. The van der Waals surface area contributed by atoms with Gasteiger partial charge in [0, 0.05) is 10.6 Å². The van der Waals surface area contributed by atoms with Crippen LogP contribution in [0.5, 0.6) is 11.5 Å². The van der Waals surface area contributed by atoms with Crippen LogP contribution in [-0.2, 0) is 9.59 Å². The van der Waals surface area contributed by atoms with Gasteiger partial charge in [0.2, 0.25) is 0 Å². The van der Waals surface area contributed by atoms with E-state index in [2.05, 4.69) is 5.32 Å². The lowest BCUT2D eigenvalue weighted by atomic mass is 10.2. The predicted octanol–water partition coefficient (Wildman–Crippen LogP) is 4.94. The van der Waals surface area contributed by atoms with Crippen molar-refractivity contribution >= 4 is 40.1 Å². The highest BCUT2D eigenvalue weighted by Crippen LogP contribution is 2.36. The molecule has 158 valence electrons. The van der Waals surface area contributed by atoms with Crippen LogP contribution in [-0.4, -0.2) is 25.0 Å². The molecule has 0 bridgehead atoms. The quantitative estimate of drug-likeness (QED) is 0.534. The number of benzene rings is 2. The maximum Gasteiger partial charge on any atom is 0.282 e. The summed E-state index contributed by atoms with van der Waals surface area (Å²) in [7, 11) is 1.57. The van der Waals surface area contributed by atoms with Gasteiger partial charge in [-0.2, -0.15) is 0 Å². The van der Waals surface area contributed by atoms with Crippen LogP contribution < -0.4 is 19.7 Å². The molecular formula is C24H22N2O4S. The van der Waals surface area contributed by atoms with Crippen molar-refractivity contribution in [1.82, 2.24) is 0 Å². The Labute approximate surface area is 184 Å². The number of hydrogen-bond acceptors (Lipinski definition) is 6. The molecule has 4 rings (SSSR count). The summed E-state index contributed by atoms with van der Waals surface area (Å²) >= 11 is 1.42. The van der Waals surface area contributed by atoms with Crippen molar-refractivity contribution in [2.24, 2.45) is 0 Å². The van der Waals surface area contributed by atoms with Crippen LogP contribution in [0.2, 0.25) is 0 Å². The summed E-state index contributed by atoms with van der Waals surface area (Å²) in [6.07, 6.45) is 0.0686. The maximum absolute atomic E-state index is 13.3. The number of nitrogens with zero attached hydrogens (tertiary/aromatic N) is 1. The zero-order valence-electron chi connectivity index (χ0n) is 17.4. The molecule has 1 N–H and O–H groups in total. The van der Waals surface area contributed by atoms with Gasteiger partial charge in [-0.1, -0.05) is 6.07 Å². The summed E-state index contributed by atoms with van der Waals surface area (Å²) in [6, 6.07) is 17.8. The van der Waals surface area contributed by atoms with E-state index in [1.54, 1.807) is 31.4 Å². The van der Waals surface area contributed by atoms with Crippen molar-refractivity contribution < 1.29 is 19.1 Å². The topological polar surface area (TPSA) is 67.9 Å². The third-order valence-electron chi connectivity index (χ3n) is 4.68. The lowest BCUT2D eigenvalue weighted by molar-refractivity contribution is -0.120. The highest BCUT2D eigenvalue weighted by atomic mass is 32.1. The summed E-state index contributed by atoms with van der Waals surface area (Å²) in [5.41, 5.74) is 1.79. The molecule has 0 saturated heterocycles. The van der Waals surface area contributed by atoms with Crippen molar-refractivity contribution in [3.05, 3.63) is 76.6 Å². The Morgan fingerprint density at radius 1 is 0.903 bits per heavy atom. The monoisotopic (exact) mass is 434 g/mol. The second-order valence-corrected chi connectivity index (χ2v) is 8.13. The molecule has 0 atom stereocenters. The molecule has 6 nitrogen and oxygen atoms in total. The van der Waals surface area contributed by atoms with Gasteiger partial charge in [-0.05, 0) is 73.8 Å². The third-order valence-corrected chi connectivity index (χ3v) is 5.56. The van der Waals surface area contributed by atoms with Gasteiger partial charge in [0.25, 0.3) is 11.8 Å². The van der Waals surface area contributed by atoms with E-state index in [4.69, 9.17) is 9.47 Å². The molecule has 0 unspecified atom stereocenters. The van der Waals surface area contributed by atoms with Gasteiger partial charge >= 0.3 is 0 Å². The first-order chi connectivity index (χ1) is 15.0. The minimum Gasteiger partial charge on any atom is -0.497 e. The number of amides is 2. The SMILES string of the molecule is COc1ccc(N2C(=O)C(Nc3ccc(OC(C)C)cc3)=C(c3cccs3)C2=O)cc1. The fraction of sp³-hybridized carbons (Fsp3) is 0.167. The summed E-state index contributed by atoms with van der Waals surface area (Å²) < 4.78 is 10.9. The highest BCUT2D eigenvalue weighted by molar-refractivity contribution is 7.11. The average molecular weight is 435 g/mol. The zero-order valence-corrected chi connectivity index (χ0v) is 18.2. The number of carbonyl (C=O) groups excluding carboxylic acids is 2. The number of nitrogens with one attached hydrogen (secondary N) is 1. The Morgan fingerprint density at radius 2 is 1.58 bits per heavy atom. The first-order valence-electron chi connectivity index (χ1n) is 9.82. The molecule has 31 heavy (non-hydrogen) atoms. The molecule has 2 heterocycles. The van der Waals surface area contributed by atoms with Crippen molar-refractivity contribution in [2.75, 3.05) is 17.3 Å². The summed E-state index contributed by atoms with van der Waals surface area (Å²) in [5, 5.41) is 5.04. The van der Waals surface area contributed by atoms with Gasteiger partial charge in [0.1, 0.15) is 17.2 Å². The van der Waals surface area contributed by atoms with Crippen molar-refractivity contribution in [2.45, 2.75) is 20.0 Å². The van der Waals surface area contributed by atoms with Crippen molar-refractivity contribution in [3.63, 3.8) is 0 Å². The minimum absolute atomic E-state index is 0.0686. The predicted molar refractivity (Wildman–Crippen MR) is 123 cm³/mol. The van der Waals surface area contributed by atoms with E-state index < -0.39 is 5.91 Å². The van der Waals surface area contributed by atoms with E-state index >= 15 is 0 Å². The van der Waals surface area contributed by atoms with Crippen LogP contribution in [0.25, 0.3) is 5.57 Å². The van der Waals surface area contributed by atoms with Crippen LogP contribution in [0.3, 0.4) is 0 Å². The molecule has 3 aromatic rings. The largest absolute Gasteiger partial charge is 0.497 e. The molecule has 0 saturated carbocycles. The van der Waals surface area contributed by atoms with E-state index in [1.807, 2.05) is 55.6 Å². The first kappa shape index (κ1) is 20.7. The summed E-state index contributed by atoms with van der Waals surface area (Å²) in [4.78, 5) is 28.6. The van der Waals surface area contributed by atoms with Crippen molar-refractivity contribution in [1.29, 1.82) is 0 Å². The minimum atomic E-state index is -0.402. The number of anilines is 2. The second kappa shape index (κ2) is 8.65. The Morgan fingerprint density at radius 3 is 2.16 bits per heavy atom. The Balaban J connectivity index is 1.68. The van der Waals surface area contributed by atoms with Crippen LogP contribution in [0, 0.1) is 0 Å². The summed E-state index contributed by atoms with van der Waals surface area (Å²) in [5.74, 6) is 0.624. The van der Waals surface area contributed by atoms with E-state index in [-0.39, 0.29) is 17.7 Å². The molecule has 0 spiro atoms. The van der Waals surface area contributed by atoms with Gasteiger partial charge < -0.3 is 14.8 Å². The Bertz CT molecular complexity index is 1120. The lowest BCUT2D eigenvalue weighted by Gasteiger charge is -2.16. The molecule has 7 heteroatoms. The van der Waals surface area contributed by atoms with Gasteiger partial charge in [0.05, 0.1) is 24.5 Å². The van der Waals surface area contributed by atoms with E-state index in [9.17, 15) is 9.59 Å². The van der Waals surface area contributed by atoms with Crippen LogP contribution in [0.4, 0.5) is 11.4 Å². The molecule has 0 fully saturated rings. The van der Waals surface area contributed by atoms with E-state index in [0.717, 1.165) is 10.6 Å². The molecule has 0 radical (unpaired) electrons. The molecule has 2 amide bonds. The molecule has 1 aliphatic heterocycles. The molecular weight excluding hydrogens is 412 g/mol. The molecule has 0 aliphatic carbocycles. The van der Waals surface area contributed by atoms with Crippen LogP contribution in [0.15, 0.2) is 71.7 Å². The van der Waals surface area contributed by atoms with Gasteiger partial charge in [0.15, 0.2) is 0 Å². The van der Waals surface area contributed by atoms with Crippen molar-refractivity contribution in [3.8, 4) is 11.5 Å². The van der Waals surface area contributed by atoms with Gasteiger partial charge in [-0.25, -0.2) is 4.90 Å². The number of rotatable bonds is 7. The maximum atomic E-state index is 13.3. The van der Waals surface area contributed by atoms with Gasteiger partial charge in [-0.3, -0.25) is 9.59 Å². The van der Waals surface area contributed by atoms with Crippen LogP contribution in [0.1, 0.15) is 18.7 Å². The average Bonchev–Trinajstić information content (AvgIpc) is 3.36. The first-order valence-corrected chi connectivity index (χ1v) is 10.7. The van der Waals surface area contributed by atoms with E-state index in [0.29, 0.717) is 22.7 Å². The fourth-order valence-corrected chi connectivity index (χ4v) is 4.06. The van der Waals surface area contributed by atoms with Gasteiger partial charge in [-0.15, -0.1) is 11.3 Å². The fourth-order valence-electron chi connectivity index (χ4n) is 3.29. The number of hydrogen-bond donors (Lipinski definition) is 1. The van der Waals surface area contributed by atoms with E-state index in [1.165, 1.54) is 16.2 Å². The normalized spacial score (nSPS) is 13.9. The number of methoxy groups -OCH3 is 1. The standard InChI is InChI=1S/C24H22N2O4S/c1-15(2)30-19-10-6-16(7-11-19)25-22-21(20-5-4-14-31-20)23(27)26(24(22)28)17-8-12-18(29-3)13-9-17/h4-15,25H,1-3H3. The molecule has 1 aliphatic rings. The Hall–Kier alpha value is -3.58. The highest BCUT2D eigenvalue weighted by Gasteiger charge is 2.40. The number of imide groups is 1. The Kier molecular flexibility index (Phi) is 5.77. The molecule has 2 aromatic carbocycles. The number of carbonyl (C=O) groups is 2. The number of ether oxygens (including phenoxy) is 2. The second-order valence-electron chi connectivity index (χ2n) is 7.19. The lowest BCUT2D eigenvalue weighted by Crippen LogP contribution is -2.32. The number of thiophene rings is 1. The summed E-state index contributed by atoms with van der Waals surface area (Å²) in [6.45, 7) is 3.92. The van der Waals surface area contributed by atoms with Crippen LogP contribution >= 0.6 is 11.3 Å². The zero-order chi connectivity index (χ0) is 22.0. The molecule has 1 aromatic heterocycles.